The second kappa shape index (κ2) is 9.09. The van der Waals surface area contributed by atoms with Crippen LogP contribution < -0.4 is 17.0 Å². The number of pyridine rings is 2. The SMILES string of the molecule is Cl.O=P(O)(O)Cc1ccc(-[n+]2ccc(-c3ccncc3)cc2)cc1.[Cl-]. The van der Waals surface area contributed by atoms with Crippen LogP contribution in [0.2, 0.25) is 0 Å². The van der Waals surface area contributed by atoms with Gasteiger partial charge < -0.3 is 22.2 Å². The first-order valence-electron chi connectivity index (χ1n) is 7.07. The first-order chi connectivity index (χ1) is 11.0. The van der Waals surface area contributed by atoms with Crippen LogP contribution in [0.5, 0.6) is 0 Å². The molecule has 25 heavy (non-hydrogen) atoms. The van der Waals surface area contributed by atoms with Crippen LogP contribution >= 0.6 is 20.0 Å². The third kappa shape index (κ3) is 5.92. The van der Waals surface area contributed by atoms with E-state index in [0.29, 0.717) is 5.56 Å². The van der Waals surface area contributed by atoms with Crippen LogP contribution in [0.1, 0.15) is 5.56 Å². The molecule has 0 saturated carbocycles. The van der Waals surface area contributed by atoms with E-state index in [4.69, 9.17) is 9.79 Å². The van der Waals surface area contributed by atoms with Gasteiger partial charge in [-0.15, -0.1) is 12.4 Å². The minimum atomic E-state index is -4.03. The van der Waals surface area contributed by atoms with Crippen molar-refractivity contribution < 1.29 is 31.3 Å². The summed E-state index contributed by atoms with van der Waals surface area (Å²) < 4.78 is 13.0. The summed E-state index contributed by atoms with van der Waals surface area (Å²) in [6, 6.07) is 15.1. The van der Waals surface area contributed by atoms with Gasteiger partial charge in [0.15, 0.2) is 12.4 Å². The van der Waals surface area contributed by atoms with E-state index in [1.54, 1.807) is 24.5 Å². The normalized spacial score (nSPS) is 10.5. The fraction of sp³-hybridized carbons (Fsp3) is 0.0588. The Morgan fingerprint density at radius 1 is 0.880 bits per heavy atom. The van der Waals surface area contributed by atoms with Gasteiger partial charge in [-0.25, -0.2) is 0 Å². The second-order valence-corrected chi connectivity index (χ2v) is 6.86. The lowest BCUT2D eigenvalue weighted by Crippen LogP contribution is -3.00. The van der Waals surface area contributed by atoms with E-state index in [1.807, 2.05) is 53.4 Å². The van der Waals surface area contributed by atoms with Crippen molar-refractivity contribution in [3.8, 4) is 16.8 Å². The molecule has 0 aliphatic heterocycles. The number of rotatable bonds is 4. The Balaban J connectivity index is 0.00000156. The van der Waals surface area contributed by atoms with Crippen molar-refractivity contribution in [1.29, 1.82) is 0 Å². The van der Waals surface area contributed by atoms with E-state index in [1.165, 1.54) is 0 Å². The van der Waals surface area contributed by atoms with Gasteiger partial charge in [0.25, 0.3) is 0 Å². The van der Waals surface area contributed by atoms with E-state index in [0.717, 1.165) is 16.8 Å². The lowest BCUT2D eigenvalue weighted by Gasteiger charge is -2.04. The Kier molecular flexibility index (Phi) is 7.74. The standard InChI is InChI=1S/C17H15N2O3P.2ClH/c20-23(21,22)13-14-1-3-17(4-2-14)19-11-7-16(8-12-19)15-5-9-18-10-6-15;;/h1-12H,13H2,(H-,20,21,22);2*1H. The monoisotopic (exact) mass is 398 g/mol. The largest absolute Gasteiger partial charge is 1.00 e. The maximum Gasteiger partial charge on any atom is 0.329 e. The highest BCUT2D eigenvalue weighted by Crippen LogP contribution is 2.38. The number of benzene rings is 1. The topological polar surface area (TPSA) is 74.3 Å². The number of hydrogen-bond acceptors (Lipinski definition) is 2. The molecule has 8 heteroatoms. The summed E-state index contributed by atoms with van der Waals surface area (Å²) >= 11 is 0. The molecule has 2 N–H and O–H groups in total. The minimum absolute atomic E-state index is 0. The fourth-order valence-electron chi connectivity index (χ4n) is 2.35. The highest BCUT2D eigenvalue weighted by Gasteiger charge is 2.14. The highest BCUT2D eigenvalue weighted by atomic mass is 35.5. The maximum absolute atomic E-state index is 11.0. The van der Waals surface area contributed by atoms with Crippen LogP contribution in [0, 0.1) is 0 Å². The zero-order valence-corrected chi connectivity index (χ0v) is 15.5. The number of aromatic nitrogens is 2. The zero-order chi connectivity index (χ0) is 16.3. The van der Waals surface area contributed by atoms with Crippen molar-refractivity contribution in [2.75, 3.05) is 0 Å². The summed E-state index contributed by atoms with van der Waals surface area (Å²) in [6.07, 6.45) is 7.19. The molecule has 0 radical (unpaired) electrons. The van der Waals surface area contributed by atoms with Crippen LogP contribution in [0.15, 0.2) is 73.3 Å². The molecule has 0 bridgehead atoms. The predicted octanol–water partition coefficient (Wildman–Crippen LogP) is 0.129. The quantitative estimate of drug-likeness (QED) is 0.483. The average Bonchev–Trinajstić information content (AvgIpc) is 2.55. The molecule has 0 spiro atoms. The molecule has 0 atom stereocenters. The second-order valence-electron chi connectivity index (χ2n) is 5.22. The predicted molar refractivity (Wildman–Crippen MR) is 94.2 cm³/mol. The lowest BCUT2D eigenvalue weighted by molar-refractivity contribution is -0.595. The molecule has 0 aliphatic rings. The number of nitrogens with zero attached hydrogens (tertiary/aromatic N) is 2. The van der Waals surface area contributed by atoms with E-state index in [-0.39, 0.29) is 31.0 Å². The first-order valence-corrected chi connectivity index (χ1v) is 8.87. The van der Waals surface area contributed by atoms with E-state index in [9.17, 15) is 4.57 Å². The van der Waals surface area contributed by atoms with Gasteiger partial charge in [-0.1, -0.05) is 12.1 Å². The molecule has 2 aromatic heterocycles. The first kappa shape index (κ1) is 21.3. The van der Waals surface area contributed by atoms with Gasteiger partial charge in [0.05, 0.1) is 6.16 Å². The Hall–Kier alpha value is -1.75. The third-order valence-electron chi connectivity index (χ3n) is 3.47. The third-order valence-corrected chi connectivity index (χ3v) is 4.24. The van der Waals surface area contributed by atoms with E-state index >= 15 is 0 Å². The Morgan fingerprint density at radius 3 is 1.92 bits per heavy atom. The van der Waals surface area contributed by atoms with Crippen molar-refractivity contribution in [1.82, 2.24) is 4.98 Å². The maximum atomic E-state index is 11.0. The van der Waals surface area contributed by atoms with Gasteiger partial charge in [0.1, 0.15) is 0 Å². The van der Waals surface area contributed by atoms with Crippen molar-refractivity contribution in [2.24, 2.45) is 0 Å². The van der Waals surface area contributed by atoms with Crippen LogP contribution in [0.4, 0.5) is 0 Å². The van der Waals surface area contributed by atoms with Gasteiger partial charge in [-0.2, -0.15) is 4.57 Å². The van der Waals surface area contributed by atoms with Crippen molar-refractivity contribution in [3.63, 3.8) is 0 Å². The van der Waals surface area contributed by atoms with Crippen molar-refractivity contribution >= 4 is 20.0 Å². The lowest BCUT2D eigenvalue weighted by atomic mass is 10.1. The van der Waals surface area contributed by atoms with Gasteiger partial charge >= 0.3 is 7.60 Å². The molecule has 0 fully saturated rings. The van der Waals surface area contributed by atoms with Crippen molar-refractivity contribution in [3.05, 3.63) is 78.9 Å². The van der Waals surface area contributed by atoms with Crippen LogP contribution in [0.3, 0.4) is 0 Å². The summed E-state index contributed by atoms with van der Waals surface area (Å²) in [5.41, 5.74) is 3.75. The van der Waals surface area contributed by atoms with Crippen LogP contribution in [0.25, 0.3) is 16.8 Å². The van der Waals surface area contributed by atoms with Crippen molar-refractivity contribution in [2.45, 2.75) is 6.16 Å². The van der Waals surface area contributed by atoms with Crippen LogP contribution in [-0.2, 0) is 10.7 Å². The molecule has 0 aliphatic carbocycles. The summed E-state index contributed by atoms with van der Waals surface area (Å²) in [6.45, 7) is 0. The van der Waals surface area contributed by atoms with E-state index < -0.39 is 7.60 Å². The highest BCUT2D eigenvalue weighted by molar-refractivity contribution is 7.50. The molecule has 0 saturated heterocycles. The fourth-order valence-corrected chi connectivity index (χ4v) is 3.03. The molecule has 0 unspecified atom stereocenters. The van der Waals surface area contributed by atoms with Gasteiger partial charge in [-0.3, -0.25) is 9.55 Å². The van der Waals surface area contributed by atoms with Crippen LogP contribution in [-0.4, -0.2) is 14.8 Å². The summed E-state index contributed by atoms with van der Waals surface area (Å²) in [7, 11) is -4.03. The number of halogens is 2. The smallest absolute Gasteiger partial charge is 0.329 e. The molecular weight excluding hydrogens is 382 g/mol. The zero-order valence-electron chi connectivity index (χ0n) is 13.1. The minimum Gasteiger partial charge on any atom is -1.00 e. The molecule has 1 aromatic carbocycles. The molecule has 0 amide bonds. The number of hydrogen-bond donors (Lipinski definition) is 2. The summed E-state index contributed by atoms with van der Waals surface area (Å²) in [4.78, 5) is 22.0. The van der Waals surface area contributed by atoms with Gasteiger partial charge in [0.2, 0.25) is 5.69 Å². The van der Waals surface area contributed by atoms with Gasteiger partial charge in [-0.05, 0) is 28.8 Å². The molecule has 2 heterocycles. The Labute approximate surface area is 158 Å². The molecule has 3 rings (SSSR count). The molecule has 3 aromatic rings. The molecular formula is C17H17Cl2N2O3P. The Bertz CT molecular complexity index is 838. The molecule has 132 valence electrons. The van der Waals surface area contributed by atoms with Gasteiger partial charge in [0, 0.05) is 36.7 Å². The summed E-state index contributed by atoms with van der Waals surface area (Å²) in [5.74, 6) is 0. The van der Waals surface area contributed by atoms with E-state index in [2.05, 4.69) is 4.98 Å². The Morgan fingerprint density at radius 2 is 1.40 bits per heavy atom. The molecule has 5 nitrogen and oxygen atoms in total. The average molecular weight is 399 g/mol. The summed E-state index contributed by atoms with van der Waals surface area (Å²) in [5, 5.41) is 0.